The molecule has 0 aromatic carbocycles. The Morgan fingerprint density at radius 3 is 2.48 bits per heavy atom. The zero-order valence-corrected chi connectivity index (χ0v) is 13.1. The Morgan fingerprint density at radius 1 is 1.38 bits per heavy atom. The van der Waals surface area contributed by atoms with Crippen molar-refractivity contribution in [1.82, 2.24) is 10.2 Å². The number of nitrogens with zero attached hydrogens (tertiary/aromatic N) is 1. The number of amides is 2. The van der Waals surface area contributed by atoms with Crippen LogP contribution >= 0.6 is 11.8 Å². The van der Waals surface area contributed by atoms with Gasteiger partial charge in [-0.2, -0.15) is 11.8 Å². The smallest absolute Gasteiger partial charge is 0.326 e. The fourth-order valence-corrected chi connectivity index (χ4v) is 2.69. The Kier molecular flexibility index (Phi) is 7.35. The molecule has 7 nitrogen and oxygen atoms in total. The number of hydrogen-bond donors (Lipinski definition) is 2. The highest BCUT2D eigenvalue weighted by Gasteiger charge is 2.29. The molecule has 21 heavy (non-hydrogen) atoms. The standard InChI is InChI=1S/C13H22N2O5S/c1-20-12(18)9-3-6-15(7-4-9)13(19)14-10(11(16)17)5-8-21-2/h9-10H,3-8H2,1-2H3,(H,14,19)(H,16,17). The van der Waals surface area contributed by atoms with Crippen molar-refractivity contribution < 1.29 is 24.2 Å². The van der Waals surface area contributed by atoms with E-state index in [1.165, 1.54) is 18.9 Å². The van der Waals surface area contributed by atoms with Crippen LogP contribution in [0.25, 0.3) is 0 Å². The first-order valence-corrected chi connectivity index (χ1v) is 8.24. The molecule has 1 rings (SSSR count). The molecule has 0 aromatic rings. The van der Waals surface area contributed by atoms with Gasteiger partial charge in [-0.1, -0.05) is 0 Å². The highest BCUT2D eigenvalue weighted by Crippen LogP contribution is 2.18. The number of hydrogen-bond acceptors (Lipinski definition) is 5. The number of likely N-dealkylation sites (tertiary alicyclic amines) is 1. The molecule has 8 heteroatoms. The van der Waals surface area contributed by atoms with Gasteiger partial charge < -0.3 is 20.1 Å². The number of piperidine rings is 1. The Balaban J connectivity index is 2.45. The first kappa shape index (κ1) is 17.6. The number of methoxy groups -OCH3 is 1. The lowest BCUT2D eigenvalue weighted by Gasteiger charge is -2.31. The highest BCUT2D eigenvalue weighted by atomic mass is 32.2. The van der Waals surface area contributed by atoms with Gasteiger partial charge in [-0.3, -0.25) is 4.79 Å². The van der Waals surface area contributed by atoms with E-state index in [1.54, 1.807) is 4.90 Å². The average Bonchev–Trinajstić information content (AvgIpc) is 2.50. The quantitative estimate of drug-likeness (QED) is 0.703. The van der Waals surface area contributed by atoms with Crippen LogP contribution in [-0.4, -0.2) is 66.2 Å². The number of carboxylic acids is 1. The van der Waals surface area contributed by atoms with Crippen LogP contribution in [0.3, 0.4) is 0 Å². The number of carboxylic acid groups (broad SMARTS) is 1. The van der Waals surface area contributed by atoms with E-state index in [-0.39, 0.29) is 17.9 Å². The van der Waals surface area contributed by atoms with Crippen LogP contribution in [0.15, 0.2) is 0 Å². The normalized spacial score (nSPS) is 17.1. The van der Waals surface area contributed by atoms with E-state index < -0.39 is 12.0 Å². The number of esters is 1. The van der Waals surface area contributed by atoms with E-state index in [1.807, 2.05) is 6.26 Å². The number of thioether (sulfide) groups is 1. The number of rotatable bonds is 6. The Bertz CT molecular complexity index is 383. The molecule has 120 valence electrons. The minimum Gasteiger partial charge on any atom is -0.480 e. The summed E-state index contributed by atoms with van der Waals surface area (Å²) in [7, 11) is 1.35. The summed E-state index contributed by atoms with van der Waals surface area (Å²) < 4.78 is 4.69. The first-order valence-electron chi connectivity index (χ1n) is 6.84. The van der Waals surface area contributed by atoms with Crippen molar-refractivity contribution in [1.29, 1.82) is 0 Å². The van der Waals surface area contributed by atoms with E-state index in [4.69, 9.17) is 5.11 Å². The summed E-state index contributed by atoms with van der Waals surface area (Å²) in [5.41, 5.74) is 0. The monoisotopic (exact) mass is 318 g/mol. The number of carbonyl (C=O) groups is 3. The van der Waals surface area contributed by atoms with Gasteiger partial charge in [0.25, 0.3) is 0 Å². The maximum absolute atomic E-state index is 12.1. The van der Waals surface area contributed by atoms with Crippen LogP contribution in [-0.2, 0) is 14.3 Å². The average molecular weight is 318 g/mol. The molecule has 1 aliphatic rings. The Hall–Kier alpha value is -1.44. The number of nitrogens with one attached hydrogen (secondary N) is 1. The Labute approximate surface area is 128 Å². The molecular formula is C13H22N2O5S. The Morgan fingerprint density at radius 2 is 2.00 bits per heavy atom. The minimum atomic E-state index is -1.03. The lowest BCUT2D eigenvalue weighted by molar-refractivity contribution is -0.146. The molecule has 2 N–H and O–H groups in total. The predicted molar refractivity (Wildman–Crippen MR) is 79.3 cm³/mol. The molecule has 1 heterocycles. The van der Waals surface area contributed by atoms with Crippen LogP contribution in [0.5, 0.6) is 0 Å². The van der Waals surface area contributed by atoms with E-state index in [9.17, 15) is 14.4 Å². The summed E-state index contributed by atoms with van der Waals surface area (Å²) in [6.07, 6.45) is 3.37. The molecule has 1 atom stereocenters. The van der Waals surface area contributed by atoms with Gasteiger partial charge in [0, 0.05) is 13.1 Å². The minimum absolute atomic E-state index is 0.175. The van der Waals surface area contributed by atoms with Crippen molar-refractivity contribution in [2.45, 2.75) is 25.3 Å². The van der Waals surface area contributed by atoms with Crippen molar-refractivity contribution in [2.75, 3.05) is 32.2 Å². The zero-order valence-electron chi connectivity index (χ0n) is 12.3. The van der Waals surface area contributed by atoms with Crippen LogP contribution in [0.4, 0.5) is 4.79 Å². The summed E-state index contributed by atoms with van der Waals surface area (Å²) in [4.78, 5) is 36.1. The van der Waals surface area contributed by atoms with Gasteiger partial charge >= 0.3 is 18.0 Å². The number of ether oxygens (including phenoxy) is 1. The predicted octanol–water partition coefficient (Wildman–Crippen LogP) is 0.787. The van der Waals surface area contributed by atoms with Gasteiger partial charge in [-0.25, -0.2) is 9.59 Å². The van der Waals surface area contributed by atoms with E-state index in [0.717, 1.165) is 0 Å². The van der Waals surface area contributed by atoms with Crippen molar-refractivity contribution >= 4 is 29.7 Å². The summed E-state index contributed by atoms with van der Waals surface area (Å²) >= 11 is 1.54. The van der Waals surface area contributed by atoms with E-state index in [2.05, 4.69) is 10.1 Å². The lowest BCUT2D eigenvalue weighted by Crippen LogP contribution is -2.50. The van der Waals surface area contributed by atoms with Gasteiger partial charge in [0.2, 0.25) is 0 Å². The molecule has 1 unspecified atom stereocenters. The van der Waals surface area contributed by atoms with Crippen LogP contribution in [0, 0.1) is 5.92 Å². The van der Waals surface area contributed by atoms with E-state index in [0.29, 0.717) is 38.1 Å². The molecule has 0 spiro atoms. The molecule has 1 saturated heterocycles. The first-order chi connectivity index (χ1) is 9.99. The number of aliphatic carboxylic acids is 1. The number of carbonyl (C=O) groups excluding carboxylic acids is 2. The molecule has 0 radical (unpaired) electrons. The van der Waals surface area contributed by atoms with Gasteiger partial charge in [0.05, 0.1) is 13.0 Å². The molecule has 0 saturated carbocycles. The molecule has 0 bridgehead atoms. The van der Waals surface area contributed by atoms with Crippen LogP contribution in [0.1, 0.15) is 19.3 Å². The molecule has 1 aliphatic heterocycles. The zero-order chi connectivity index (χ0) is 15.8. The largest absolute Gasteiger partial charge is 0.480 e. The van der Waals surface area contributed by atoms with Gasteiger partial charge in [-0.15, -0.1) is 0 Å². The third kappa shape index (κ3) is 5.45. The van der Waals surface area contributed by atoms with E-state index >= 15 is 0 Å². The summed E-state index contributed by atoms with van der Waals surface area (Å²) in [6.45, 7) is 0.862. The van der Waals surface area contributed by atoms with Crippen LogP contribution < -0.4 is 5.32 Å². The fourth-order valence-electron chi connectivity index (χ4n) is 2.22. The van der Waals surface area contributed by atoms with Crippen molar-refractivity contribution in [3.8, 4) is 0 Å². The third-order valence-corrected chi connectivity index (χ3v) is 4.17. The molecule has 0 aromatic heterocycles. The third-order valence-electron chi connectivity index (χ3n) is 3.52. The van der Waals surface area contributed by atoms with Crippen LogP contribution in [0.2, 0.25) is 0 Å². The summed E-state index contributed by atoms with van der Waals surface area (Å²) in [5.74, 6) is -0.784. The van der Waals surface area contributed by atoms with Gasteiger partial charge in [0.15, 0.2) is 0 Å². The second-order valence-corrected chi connectivity index (χ2v) is 5.89. The second kappa shape index (κ2) is 8.76. The highest BCUT2D eigenvalue weighted by molar-refractivity contribution is 7.98. The molecule has 2 amide bonds. The maximum Gasteiger partial charge on any atom is 0.326 e. The SMILES string of the molecule is COC(=O)C1CCN(C(=O)NC(CCSC)C(=O)O)CC1. The fraction of sp³-hybridized carbons (Fsp3) is 0.769. The maximum atomic E-state index is 12.1. The van der Waals surface area contributed by atoms with Crippen molar-refractivity contribution in [3.05, 3.63) is 0 Å². The molecule has 0 aliphatic carbocycles. The van der Waals surface area contributed by atoms with Gasteiger partial charge in [0.1, 0.15) is 6.04 Å². The topological polar surface area (TPSA) is 95.9 Å². The van der Waals surface area contributed by atoms with Crippen molar-refractivity contribution in [2.24, 2.45) is 5.92 Å². The second-order valence-electron chi connectivity index (χ2n) is 4.91. The molecule has 1 fully saturated rings. The van der Waals surface area contributed by atoms with Gasteiger partial charge in [-0.05, 0) is 31.3 Å². The van der Waals surface area contributed by atoms with Crippen molar-refractivity contribution in [3.63, 3.8) is 0 Å². The summed E-state index contributed by atoms with van der Waals surface area (Å²) in [5, 5.41) is 11.6. The summed E-state index contributed by atoms with van der Waals surface area (Å²) in [6, 6.07) is -1.25. The lowest BCUT2D eigenvalue weighted by atomic mass is 9.97. The number of urea groups is 1. The molecular weight excluding hydrogens is 296 g/mol.